The molecule has 0 aliphatic heterocycles. The predicted molar refractivity (Wildman–Crippen MR) is 81.1 cm³/mol. The Morgan fingerprint density at radius 3 is 2.77 bits per heavy atom. The van der Waals surface area contributed by atoms with Gasteiger partial charge < -0.3 is 14.9 Å². The van der Waals surface area contributed by atoms with Gasteiger partial charge in [0.25, 0.3) is 0 Å². The molecule has 0 aliphatic carbocycles. The van der Waals surface area contributed by atoms with Crippen LogP contribution in [0.2, 0.25) is 0 Å². The number of nitrogens with one attached hydrogen (secondary N) is 1. The first-order valence-corrected chi connectivity index (χ1v) is 7.44. The maximum atomic E-state index is 11.8. The van der Waals surface area contributed by atoms with E-state index >= 15 is 0 Å². The SMILES string of the molecule is Cc1noc(CCCNC(=O)C(O)CCc2ccccc2)n1. The first-order valence-electron chi connectivity index (χ1n) is 7.44. The highest BCUT2D eigenvalue weighted by atomic mass is 16.5. The van der Waals surface area contributed by atoms with Crippen LogP contribution in [0.5, 0.6) is 0 Å². The molecule has 6 heteroatoms. The zero-order valence-corrected chi connectivity index (χ0v) is 12.7. The third kappa shape index (κ3) is 5.29. The minimum Gasteiger partial charge on any atom is -0.383 e. The van der Waals surface area contributed by atoms with Gasteiger partial charge in [0.15, 0.2) is 5.82 Å². The van der Waals surface area contributed by atoms with Gasteiger partial charge >= 0.3 is 0 Å². The molecular formula is C16H21N3O3. The number of hydrogen-bond donors (Lipinski definition) is 2. The van der Waals surface area contributed by atoms with Gasteiger partial charge in [-0.1, -0.05) is 35.5 Å². The molecule has 22 heavy (non-hydrogen) atoms. The van der Waals surface area contributed by atoms with Crippen molar-refractivity contribution in [1.82, 2.24) is 15.5 Å². The summed E-state index contributed by atoms with van der Waals surface area (Å²) in [5.41, 5.74) is 1.11. The fourth-order valence-electron chi connectivity index (χ4n) is 2.09. The Morgan fingerprint density at radius 2 is 2.09 bits per heavy atom. The molecule has 6 nitrogen and oxygen atoms in total. The van der Waals surface area contributed by atoms with E-state index in [4.69, 9.17) is 4.52 Å². The first-order chi connectivity index (χ1) is 10.6. The van der Waals surface area contributed by atoms with Crippen molar-refractivity contribution >= 4 is 5.91 Å². The average Bonchev–Trinajstić information content (AvgIpc) is 2.95. The Hall–Kier alpha value is -2.21. The molecule has 0 radical (unpaired) electrons. The van der Waals surface area contributed by atoms with Gasteiger partial charge in [0.1, 0.15) is 6.10 Å². The summed E-state index contributed by atoms with van der Waals surface area (Å²) in [5.74, 6) is 0.837. The number of carbonyl (C=O) groups excluding carboxylic acids is 1. The molecule has 1 unspecified atom stereocenters. The third-order valence-corrected chi connectivity index (χ3v) is 3.29. The summed E-state index contributed by atoms with van der Waals surface area (Å²) in [6.45, 7) is 2.24. The molecule has 0 spiro atoms. The molecule has 2 aromatic rings. The molecule has 1 atom stereocenters. The number of aromatic nitrogens is 2. The minimum absolute atomic E-state index is 0.336. The molecular weight excluding hydrogens is 282 g/mol. The van der Waals surface area contributed by atoms with Crippen LogP contribution in [-0.2, 0) is 17.6 Å². The lowest BCUT2D eigenvalue weighted by Crippen LogP contribution is -2.35. The fourth-order valence-corrected chi connectivity index (χ4v) is 2.09. The van der Waals surface area contributed by atoms with Crippen LogP contribution >= 0.6 is 0 Å². The minimum atomic E-state index is -0.981. The number of rotatable bonds is 8. The van der Waals surface area contributed by atoms with Crippen LogP contribution in [0.4, 0.5) is 0 Å². The molecule has 1 amide bonds. The maximum absolute atomic E-state index is 11.8. The molecule has 118 valence electrons. The molecule has 0 fully saturated rings. The molecule has 1 heterocycles. The van der Waals surface area contributed by atoms with Gasteiger partial charge in [-0.25, -0.2) is 0 Å². The van der Waals surface area contributed by atoms with Crippen molar-refractivity contribution in [1.29, 1.82) is 0 Å². The van der Waals surface area contributed by atoms with Crippen LogP contribution in [0, 0.1) is 6.92 Å². The molecule has 0 saturated carbocycles. The van der Waals surface area contributed by atoms with Crippen LogP contribution in [0.1, 0.15) is 30.1 Å². The van der Waals surface area contributed by atoms with Crippen molar-refractivity contribution in [2.45, 2.75) is 38.7 Å². The molecule has 1 aromatic carbocycles. The summed E-state index contributed by atoms with van der Waals surface area (Å²) >= 11 is 0. The lowest BCUT2D eigenvalue weighted by atomic mass is 10.1. The summed E-state index contributed by atoms with van der Waals surface area (Å²) in [6.07, 6.45) is 1.42. The van der Waals surface area contributed by atoms with Crippen molar-refractivity contribution < 1.29 is 14.4 Å². The highest BCUT2D eigenvalue weighted by molar-refractivity contribution is 5.80. The Morgan fingerprint density at radius 1 is 1.32 bits per heavy atom. The quantitative estimate of drug-likeness (QED) is 0.720. The summed E-state index contributed by atoms with van der Waals surface area (Å²) in [4.78, 5) is 15.9. The van der Waals surface area contributed by atoms with Crippen molar-refractivity contribution in [3.8, 4) is 0 Å². The van der Waals surface area contributed by atoms with Gasteiger partial charge in [-0.05, 0) is 31.7 Å². The van der Waals surface area contributed by atoms with Crippen molar-refractivity contribution in [3.05, 3.63) is 47.6 Å². The summed E-state index contributed by atoms with van der Waals surface area (Å²) in [5, 5.41) is 16.3. The Labute approximate surface area is 129 Å². The van der Waals surface area contributed by atoms with Crippen LogP contribution < -0.4 is 5.32 Å². The van der Waals surface area contributed by atoms with E-state index in [0.29, 0.717) is 43.9 Å². The monoisotopic (exact) mass is 303 g/mol. The number of hydrogen-bond acceptors (Lipinski definition) is 5. The highest BCUT2D eigenvalue weighted by Gasteiger charge is 2.14. The molecule has 0 saturated heterocycles. The Balaban J connectivity index is 1.62. The van der Waals surface area contributed by atoms with Gasteiger partial charge in [-0.2, -0.15) is 4.98 Å². The lowest BCUT2D eigenvalue weighted by Gasteiger charge is -2.11. The average molecular weight is 303 g/mol. The normalized spacial score (nSPS) is 12.1. The zero-order chi connectivity index (χ0) is 15.8. The van der Waals surface area contributed by atoms with E-state index < -0.39 is 6.10 Å². The second kappa shape index (κ2) is 8.29. The molecule has 2 N–H and O–H groups in total. The standard InChI is InChI=1S/C16H21N3O3/c1-12-18-15(22-19-12)8-5-11-17-16(21)14(20)10-9-13-6-3-2-4-7-13/h2-4,6-7,14,20H,5,8-11H2,1H3,(H,17,21). The number of amides is 1. The Kier molecular flexibility index (Phi) is 6.09. The zero-order valence-electron chi connectivity index (χ0n) is 12.7. The largest absolute Gasteiger partial charge is 0.383 e. The molecule has 0 bridgehead atoms. The van der Waals surface area contributed by atoms with E-state index in [-0.39, 0.29) is 5.91 Å². The molecule has 0 aliphatic rings. The van der Waals surface area contributed by atoms with Crippen LogP contribution in [0.15, 0.2) is 34.9 Å². The van der Waals surface area contributed by atoms with Gasteiger partial charge in [-0.3, -0.25) is 4.79 Å². The second-order valence-electron chi connectivity index (χ2n) is 5.17. The number of aliphatic hydroxyl groups is 1. The number of carbonyl (C=O) groups is 1. The van der Waals surface area contributed by atoms with E-state index in [2.05, 4.69) is 15.5 Å². The van der Waals surface area contributed by atoms with Crippen molar-refractivity contribution in [2.75, 3.05) is 6.54 Å². The molecule has 1 aromatic heterocycles. The van der Waals surface area contributed by atoms with E-state index in [1.807, 2.05) is 30.3 Å². The smallest absolute Gasteiger partial charge is 0.248 e. The van der Waals surface area contributed by atoms with E-state index in [0.717, 1.165) is 5.56 Å². The van der Waals surface area contributed by atoms with Crippen LogP contribution in [-0.4, -0.2) is 33.8 Å². The summed E-state index contributed by atoms with van der Waals surface area (Å²) in [7, 11) is 0. The number of nitrogens with zero attached hydrogens (tertiary/aromatic N) is 2. The summed E-state index contributed by atoms with van der Waals surface area (Å²) < 4.78 is 4.98. The van der Waals surface area contributed by atoms with Gasteiger partial charge in [0.2, 0.25) is 11.8 Å². The van der Waals surface area contributed by atoms with Crippen molar-refractivity contribution in [3.63, 3.8) is 0 Å². The van der Waals surface area contributed by atoms with Crippen LogP contribution in [0.25, 0.3) is 0 Å². The van der Waals surface area contributed by atoms with E-state index in [1.54, 1.807) is 6.92 Å². The second-order valence-corrected chi connectivity index (χ2v) is 5.17. The lowest BCUT2D eigenvalue weighted by molar-refractivity contribution is -0.129. The topological polar surface area (TPSA) is 88.2 Å². The van der Waals surface area contributed by atoms with Gasteiger partial charge in [-0.15, -0.1) is 0 Å². The van der Waals surface area contributed by atoms with Crippen molar-refractivity contribution in [2.24, 2.45) is 0 Å². The highest BCUT2D eigenvalue weighted by Crippen LogP contribution is 2.05. The maximum Gasteiger partial charge on any atom is 0.248 e. The van der Waals surface area contributed by atoms with Gasteiger partial charge in [0.05, 0.1) is 0 Å². The molecule has 2 rings (SSSR count). The van der Waals surface area contributed by atoms with E-state index in [1.165, 1.54) is 0 Å². The first kappa shape index (κ1) is 16.2. The summed E-state index contributed by atoms with van der Waals surface area (Å²) in [6, 6.07) is 9.80. The number of aryl methyl sites for hydroxylation is 3. The fraction of sp³-hybridized carbons (Fsp3) is 0.438. The third-order valence-electron chi connectivity index (χ3n) is 3.29. The van der Waals surface area contributed by atoms with E-state index in [9.17, 15) is 9.90 Å². The number of aliphatic hydroxyl groups excluding tert-OH is 1. The van der Waals surface area contributed by atoms with Gasteiger partial charge in [0, 0.05) is 13.0 Å². The van der Waals surface area contributed by atoms with Crippen LogP contribution in [0.3, 0.4) is 0 Å². The number of benzene rings is 1. The Bertz CT molecular complexity index is 583. The predicted octanol–water partition coefficient (Wildman–Crippen LogP) is 1.42.